The summed E-state index contributed by atoms with van der Waals surface area (Å²) < 4.78 is 5.15. The van der Waals surface area contributed by atoms with Crippen molar-refractivity contribution in [2.75, 3.05) is 12.8 Å². The molecule has 0 saturated heterocycles. The summed E-state index contributed by atoms with van der Waals surface area (Å²) >= 11 is 0. The maximum Gasteiger partial charge on any atom is 0.253 e. The minimum Gasteiger partial charge on any atom is -0.497 e. The summed E-state index contributed by atoms with van der Waals surface area (Å²) in [6.07, 6.45) is 3.37. The second-order valence-corrected chi connectivity index (χ2v) is 5.93. The Morgan fingerprint density at radius 3 is 2.75 bits per heavy atom. The Morgan fingerprint density at radius 1 is 1.35 bits per heavy atom. The molecule has 1 aromatic rings. The number of carbonyl (C=O) groups is 1. The summed E-state index contributed by atoms with van der Waals surface area (Å²) in [6.45, 7) is 4.48. The molecule has 3 unspecified atom stereocenters. The van der Waals surface area contributed by atoms with Gasteiger partial charge in [-0.15, -0.1) is 0 Å². The van der Waals surface area contributed by atoms with Crippen molar-refractivity contribution in [3.63, 3.8) is 0 Å². The van der Waals surface area contributed by atoms with Crippen LogP contribution >= 0.6 is 0 Å². The van der Waals surface area contributed by atoms with Crippen molar-refractivity contribution in [1.82, 2.24) is 5.32 Å². The number of anilines is 1. The number of rotatable bonds is 3. The first-order valence-electron chi connectivity index (χ1n) is 7.25. The van der Waals surface area contributed by atoms with Crippen LogP contribution in [0.5, 0.6) is 5.75 Å². The first-order valence-corrected chi connectivity index (χ1v) is 7.25. The Balaban J connectivity index is 2.08. The Bertz CT molecular complexity index is 487. The standard InChI is InChI=1S/C16H24N2O2/c1-10-4-7-15(11(2)8-10)18-16(19)13-9-12(20-3)5-6-14(13)17/h5-6,9-11,15H,4,7-8,17H2,1-3H3,(H,18,19). The van der Waals surface area contributed by atoms with Crippen LogP contribution in [0.1, 0.15) is 43.5 Å². The van der Waals surface area contributed by atoms with Crippen molar-refractivity contribution >= 4 is 11.6 Å². The third-order valence-electron chi connectivity index (χ3n) is 4.25. The molecule has 3 N–H and O–H groups in total. The molecule has 1 aromatic carbocycles. The minimum absolute atomic E-state index is 0.104. The van der Waals surface area contributed by atoms with Gasteiger partial charge in [-0.1, -0.05) is 13.8 Å². The predicted octanol–water partition coefficient (Wildman–Crippen LogP) is 2.83. The summed E-state index contributed by atoms with van der Waals surface area (Å²) in [7, 11) is 1.58. The monoisotopic (exact) mass is 276 g/mol. The van der Waals surface area contributed by atoms with Gasteiger partial charge in [0.05, 0.1) is 12.7 Å². The van der Waals surface area contributed by atoms with Crippen LogP contribution in [-0.2, 0) is 0 Å². The van der Waals surface area contributed by atoms with Crippen molar-refractivity contribution in [3.05, 3.63) is 23.8 Å². The molecule has 0 heterocycles. The lowest BCUT2D eigenvalue weighted by molar-refractivity contribution is 0.0900. The van der Waals surface area contributed by atoms with Crippen molar-refractivity contribution in [3.8, 4) is 5.75 Å². The van der Waals surface area contributed by atoms with Crippen LogP contribution in [0.2, 0.25) is 0 Å². The summed E-state index contributed by atoms with van der Waals surface area (Å²) in [5.41, 5.74) is 6.87. The highest BCUT2D eigenvalue weighted by molar-refractivity contribution is 5.99. The van der Waals surface area contributed by atoms with Crippen LogP contribution in [0, 0.1) is 11.8 Å². The molecule has 0 bridgehead atoms. The molecule has 1 fully saturated rings. The normalized spacial score (nSPS) is 26.1. The highest BCUT2D eigenvalue weighted by Crippen LogP contribution is 2.29. The summed E-state index contributed by atoms with van der Waals surface area (Å²) in [5.74, 6) is 1.80. The van der Waals surface area contributed by atoms with Gasteiger partial charge < -0.3 is 15.8 Å². The zero-order valence-corrected chi connectivity index (χ0v) is 12.5. The van der Waals surface area contributed by atoms with Crippen LogP contribution in [0.15, 0.2) is 18.2 Å². The molecule has 1 saturated carbocycles. The lowest BCUT2D eigenvalue weighted by Crippen LogP contribution is -2.42. The Kier molecular flexibility index (Phi) is 4.53. The van der Waals surface area contributed by atoms with E-state index >= 15 is 0 Å². The third-order valence-corrected chi connectivity index (χ3v) is 4.25. The van der Waals surface area contributed by atoms with Gasteiger partial charge in [-0.2, -0.15) is 0 Å². The van der Waals surface area contributed by atoms with E-state index in [1.54, 1.807) is 25.3 Å². The second kappa shape index (κ2) is 6.16. The first kappa shape index (κ1) is 14.7. The molecule has 0 aromatic heterocycles. The lowest BCUT2D eigenvalue weighted by Gasteiger charge is -2.33. The predicted molar refractivity (Wildman–Crippen MR) is 80.8 cm³/mol. The fourth-order valence-corrected chi connectivity index (χ4v) is 2.98. The van der Waals surface area contributed by atoms with E-state index in [2.05, 4.69) is 19.2 Å². The molecule has 20 heavy (non-hydrogen) atoms. The molecular weight excluding hydrogens is 252 g/mol. The number of nitrogens with two attached hydrogens (primary N) is 1. The third kappa shape index (κ3) is 3.24. The van der Waals surface area contributed by atoms with Gasteiger partial charge in [0.1, 0.15) is 5.75 Å². The van der Waals surface area contributed by atoms with Gasteiger partial charge >= 0.3 is 0 Å². The van der Waals surface area contributed by atoms with Crippen molar-refractivity contribution in [2.24, 2.45) is 11.8 Å². The smallest absolute Gasteiger partial charge is 0.253 e. The number of nitrogen functional groups attached to an aromatic ring is 1. The zero-order valence-electron chi connectivity index (χ0n) is 12.5. The fraction of sp³-hybridized carbons (Fsp3) is 0.562. The molecule has 110 valence electrons. The van der Waals surface area contributed by atoms with Gasteiger partial charge in [-0.05, 0) is 49.3 Å². The van der Waals surface area contributed by atoms with E-state index in [9.17, 15) is 4.79 Å². The minimum atomic E-state index is -0.104. The van der Waals surface area contributed by atoms with E-state index in [0.717, 1.165) is 12.3 Å². The maximum atomic E-state index is 12.4. The van der Waals surface area contributed by atoms with Gasteiger partial charge in [0.2, 0.25) is 0 Å². The number of nitrogens with one attached hydrogen (secondary N) is 1. The molecule has 3 atom stereocenters. The van der Waals surface area contributed by atoms with Gasteiger partial charge in [0.15, 0.2) is 0 Å². The van der Waals surface area contributed by atoms with E-state index < -0.39 is 0 Å². The molecule has 0 radical (unpaired) electrons. The number of ether oxygens (including phenoxy) is 1. The molecule has 2 rings (SSSR count). The van der Waals surface area contributed by atoms with E-state index in [1.807, 2.05) is 0 Å². The average Bonchev–Trinajstić information content (AvgIpc) is 2.42. The van der Waals surface area contributed by atoms with Gasteiger partial charge in [0.25, 0.3) is 5.91 Å². The Morgan fingerprint density at radius 2 is 2.10 bits per heavy atom. The molecular formula is C16H24N2O2. The number of hydrogen-bond donors (Lipinski definition) is 2. The summed E-state index contributed by atoms with van der Waals surface area (Å²) in [5, 5.41) is 3.12. The number of benzene rings is 1. The Hall–Kier alpha value is -1.71. The number of methoxy groups -OCH3 is 1. The van der Waals surface area contributed by atoms with Gasteiger partial charge in [-0.3, -0.25) is 4.79 Å². The van der Waals surface area contributed by atoms with Crippen molar-refractivity contribution in [2.45, 2.75) is 39.2 Å². The topological polar surface area (TPSA) is 64.3 Å². The molecule has 1 aliphatic rings. The van der Waals surface area contributed by atoms with Crippen LogP contribution in [0.3, 0.4) is 0 Å². The van der Waals surface area contributed by atoms with Crippen LogP contribution in [0.25, 0.3) is 0 Å². The van der Waals surface area contributed by atoms with E-state index in [4.69, 9.17) is 10.5 Å². The fourth-order valence-electron chi connectivity index (χ4n) is 2.98. The molecule has 0 aliphatic heterocycles. The highest BCUT2D eigenvalue weighted by atomic mass is 16.5. The number of amides is 1. The van der Waals surface area contributed by atoms with Crippen LogP contribution in [-0.4, -0.2) is 19.1 Å². The Labute approximate surface area is 120 Å². The van der Waals surface area contributed by atoms with Crippen LogP contribution < -0.4 is 15.8 Å². The molecule has 4 heteroatoms. The molecule has 1 amide bonds. The zero-order chi connectivity index (χ0) is 14.7. The number of carbonyl (C=O) groups excluding carboxylic acids is 1. The highest BCUT2D eigenvalue weighted by Gasteiger charge is 2.27. The second-order valence-electron chi connectivity index (χ2n) is 5.93. The van der Waals surface area contributed by atoms with E-state index in [0.29, 0.717) is 22.9 Å². The summed E-state index contributed by atoms with van der Waals surface area (Å²) in [6, 6.07) is 5.40. The molecule has 4 nitrogen and oxygen atoms in total. The lowest BCUT2D eigenvalue weighted by atomic mass is 9.80. The SMILES string of the molecule is COc1ccc(N)c(C(=O)NC2CCC(C)CC2C)c1. The quantitative estimate of drug-likeness (QED) is 0.834. The van der Waals surface area contributed by atoms with Crippen LogP contribution in [0.4, 0.5) is 5.69 Å². The van der Waals surface area contributed by atoms with Gasteiger partial charge in [0, 0.05) is 11.7 Å². The number of hydrogen-bond acceptors (Lipinski definition) is 3. The van der Waals surface area contributed by atoms with Gasteiger partial charge in [-0.25, -0.2) is 0 Å². The first-order chi connectivity index (χ1) is 9.51. The molecule has 1 aliphatic carbocycles. The van der Waals surface area contributed by atoms with Crippen molar-refractivity contribution in [1.29, 1.82) is 0 Å². The largest absolute Gasteiger partial charge is 0.497 e. The molecule has 0 spiro atoms. The van der Waals surface area contributed by atoms with E-state index in [-0.39, 0.29) is 11.9 Å². The summed E-state index contributed by atoms with van der Waals surface area (Å²) in [4.78, 5) is 12.4. The maximum absolute atomic E-state index is 12.4. The average molecular weight is 276 g/mol. The van der Waals surface area contributed by atoms with Crippen molar-refractivity contribution < 1.29 is 9.53 Å². The van der Waals surface area contributed by atoms with E-state index in [1.165, 1.54) is 12.8 Å².